The molecule has 5 rings (SSSR count). The number of hydrogen-bond donors (Lipinski definition) is 1. The first-order chi connectivity index (χ1) is 16.1. The maximum atomic E-state index is 12.7. The number of anilines is 1. The summed E-state index contributed by atoms with van der Waals surface area (Å²) in [6.45, 7) is 1.77. The van der Waals surface area contributed by atoms with Crippen LogP contribution < -0.4 is 10.3 Å². The molecule has 0 bridgehead atoms. The van der Waals surface area contributed by atoms with Gasteiger partial charge in [0, 0.05) is 41.9 Å². The fourth-order valence-electron chi connectivity index (χ4n) is 4.30. The van der Waals surface area contributed by atoms with E-state index in [0.29, 0.717) is 11.1 Å². The molecule has 2 heterocycles. The van der Waals surface area contributed by atoms with Gasteiger partial charge in [-0.2, -0.15) is 5.10 Å². The number of amides is 1. The molecule has 0 saturated carbocycles. The number of nitrogens with one attached hydrogen (secondary N) is 1. The normalized spacial score (nSPS) is 14.2. The molecular formula is C25H22N4O4. The summed E-state index contributed by atoms with van der Waals surface area (Å²) in [5.41, 5.74) is 4.54. The van der Waals surface area contributed by atoms with Crippen molar-refractivity contribution in [2.45, 2.75) is 19.3 Å². The summed E-state index contributed by atoms with van der Waals surface area (Å²) >= 11 is 0. The Balaban J connectivity index is 1.39. The van der Waals surface area contributed by atoms with Gasteiger partial charge in [-0.15, -0.1) is 0 Å². The molecule has 3 aromatic carbocycles. The minimum absolute atomic E-state index is 0.0206. The van der Waals surface area contributed by atoms with Crippen molar-refractivity contribution in [2.24, 2.45) is 5.10 Å². The van der Waals surface area contributed by atoms with Gasteiger partial charge in [0.05, 0.1) is 11.1 Å². The number of carbonyl (C=O) groups excluding carboxylic acids is 1. The number of rotatable bonds is 5. The molecule has 8 heteroatoms. The number of non-ortho nitro benzene ring substituents is 1. The number of nitrogens with zero attached hydrogens (tertiary/aromatic N) is 3. The van der Waals surface area contributed by atoms with E-state index in [9.17, 15) is 14.9 Å². The Bertz CT molecular complexity index is 1390. The van der Waals surface area contributed by atoms with Crippen molar-refractivity contribution in [1.82, 2.24) is 5.43 Å². The van der Waals surface area contributed by atoms with Gasteiger partial charge in [0.1, 0.15) is 5.58 Å². The summed E-state index contributed by atoms with van der Waals surface area (Å²) in [6, 6.07) is 18.1. The lowest BCUT2D eigenvalue weighted by molar-refractivity contribution is -0.384. The number of hydrazone groups is 1. The lowest BCUT2D eigenvalue weighted by Crippen LogP contribution is -2.30. The Morgan fingerprint density at radius 1 is 1.03 bits per heavy atom. The summed E-state index contributed by atoms with van der Waals surface area (Å²) in [5, 5.41) is 18.2. The van der Waals surface area contributed by atoms with Crippen LogP contribution in [0.4, 0.5) is 11.4 Å². The van der Waals surface area contributed by atoms with Crippen molar-refractivity contribution in [2.75, 3.05) is 18.0 Å². The van der Waals surface area contributed by atoms with Crippen LogP contribution in [0, 0.1) is 10.1 Å². The second-order valence-electron chi connectivity index (χ2n) is 8.06. The van der Waals surface area contributed by atoms with Crippen LogP contribution in [-0.2, 0) is 0 Å². The number of carbonyl (C=O) groups is 1. The number of nitro benzene ring substituents is 1. The van der Waals surface area contributed by atoms with Crippen molar-refractivity contribution in [3.8, 4) is 0 Å². The Morgan fingerprint density at radius 2 is 1.85 bits per heavy atom. The fraction of sp³-hybridized carbons (Fsp3) is 0.200. The average molecular weight is 442 g/mol. The minimum Gasteiger partial charge on any atom is -0.451 e. The molecule has 166 valence electrons. The van der Waals surface area contributed by atoms with Gasteiger partial charge in [0.2, 0.25) is 0 Å². The van der Waals surface area contributed by atoms with E-state index in [1.54, 1.807) is 12.1 Å². The monoisotopic (exact) mass is 442 g/mol. The van der Waals surface area contributed by atoms with E-state index in [4.69, 9.17) is 4.42 Å². The molecule has 1 saturated heterocycles. The first-order valence-corrected chi connectivity index (χ1v) is 10.9. The molecule has 1 fully saturated rings. The van der Waals surface area contributed by atoms with Crippen molar-refractivity contribution < 1.29 is 14.1 Å². The van der Waals surface area contributed by atoms with Gasteiger partial charge in [-0.05, 0) is 48.2 Å². The third-order valence-electron chi connectivity index (χ3n) is 5.94. The highest BCUT2D eigenvalue weighted by Crippen LogP contribution is 2.29. The fourth-order valence-corrected chi connectivity index (χ4v) is 4.30. The number of piperidine rings is 1. The zero-order chi connectivity index (χ0) is 22.8. The Kier molecular flexibility index (Phi) is 5.48. The SMILES string of the molecule is O=C(N/N=C/c1cc([N+](=O)[O-])ccc1N1CCCCC1)c1cc2c(ccc3ccccc32)o1. The Morgan fingerprint density at radius 3 is 2.67 bits per heavy atom. The second-order valence-corrected chi connectivity index (χ2v) is 8.06. The molecular weight excluding hydrogens is 420 g/mol. The number of fused-ring (bicyclic) bond motifs is 3. The lowest BCUT2D eigenvalue weighted by atomic mass is 10.1. The Hall–Kier alpha value is -4.20. The Labute approximate surface area is 189 Å². The highest BCUT2D eigenvalue weighted by Gasteiger charge is 2.18. The number of hydrogen-bond acceptors (Lipinski definition) is 6. The van der Waals surface area contributed by atoms with Crippen molar-refractivity contribution in [3.63, 3.8) is 0 Å². The molecule has 8 nitrogen and oxygen atoms in total. The highest BCUT2D eigenvalue weighted by atomic mass is 16.6. The number of furan rings is 1. The summed E-state index contributed by atoms with van der Waals surface area (Å²) in [5.74, 6) is -0.342. The minimum atomic E-state index is -0.489. The van der Waals surface area contributed by atoms with E-state index in [2.05, 4.69) is 15.4 Å². The summed E-state index contributed by atoms with van der Waals surface area (Å²) in [6.07, 6.45) is 4.78. The third kappa shape index (κ3) is 4.15. The topological polar surface area (TPSA) is 101 Å². The summed E-state index contributed by atoms with van der Waals surface area (Å²) < 4.78 is 5.73. The average Bonchev–Trinajstić information content (AvgIpc) is 3.30. The second kappa shape index (κ2) is 8.74. The van der Waals surface area contributed by atoms with Gasteiger partial charge in [0.25, 0.3) is 5.69 Å². The molecule has 1 aromatic heterocycles. The number of nitro groups is 1. The first kappa shape index (κ1) is 20.7. The molecule has 1 aliphatic rings. The van der Waals surface area contributed by atoms with E-state index < -0.39 is 10.8 Å². The van der Waals surface area contributed by atoms with Crippen LogP contribution in [0.5, 0.6) is 0 Å². The number of benzene rings is 3. The van der Waals surface area contributed by atoms with Gasteiger partial charge in [-0.3, -0.25) is 14.9 Å². The largest absolute Gasteiger partial charge is 0.451 e. The van der Waals surface area contributed by atoms with Crippen LogP contribution >= 0.6 is 0 Å². The van der Waals surface area contributed by atoms with Crippen LogP contribution in [0.1, 0.15) is 35.4 Å². The molecule has 0 radical (unpaired) electrons. The summed E-state index contributed by atoms with van der Waals surface area (Å²) in [4.78, 5) is 25.7. The van der Waals surface area contributed by atoms with E-state index in [1.165, 1.54) is 24.8 Å². The van der Waals surface area contributed by atoms with Crippen LogP contribution in [0.25, 0.3) is 21.7 Å². The van der Waals surface area contributed by atoms with E-state index in [0.717, 1.165) is 47.8 Å². The molecule has 1 amide bonds. The molecule has 1 aliphatic heterocycles. The quantitative estimate of drug-likeness (QED) is 0.258. The van der Waals surface area contributed by atoms with Gasteiger partial charge in [-0.1, -0.05) is 30.3 Å². The van der Waals surface area contributed by atoms with E-state index in [1.807, 2.05) is 36.4 Å². The zero-order valence-electron chi connectivity index (χ0n) is 17.9. The third-order valence-corrected chi connectivity index (χ3v) is 5.94. The van der Waals surface area contributed by atoms with Crippen molar-refractivity contribution >= 4 is 45.2 Å². The zero-order valence-corrected chi connectivity index (χ0v) is 17.9. The van der Waals surface area contributed by atoms with Gasteiger partial charge >= 0.3 is 5.91 Å². The smallest absolute Gasteiger partial charge is 0.307 e. The predicted octanol–water partition coefficient (Wildman–Crippen LogP) is 5.25. The van der Waals surface area contributed by atoms with E-state index in [-0.39, 0.29) is 11.4 Å². The molecule has 0 aliphatic carbocycles. The van der Waals surface area contributed by atoms with Crippen LogP contribution in [0.2, 0.25) is 0 Å². The van der Waals surface area contributed by atoms with Crippen molar-refractivity contribution in [3.05, 3.63) is 82.1 Å². The molecule has 33 heavy (non-hydrogen) atoms. The van der Waals surface area contributed by atoms with Crippen LogP contribution in [0.3, 0.4) is 0 Å². The molecule has 0 unspecified atom stereocenters. The maximum absolute atomic E-state index is 12.7. The first-order valence-electron chi connectivity index (χ1n) is 10.9. The maximum Gasteiger partial charge on any atom is 0.307 e. The highest BCUT2D eigenvalue weighted by molar-refractivity contribution is 6.08. The standard InChI is InChI=1S/C25H22N4O4/c30-25(24-15-21-20-7-3-2-6-17(20)8-11-23(21)33-24)27-26-16-18-14-19(29(31)32)9-10-22(18)28-12-4-1-5-13-28/h2-3,6-11,14-16H,1,4-5,12-13H2,(H,27,30)/b26-16+. The van der Waals surface area contributed by atoms with Crippen LogP contribution in [-0.4, -0.2) is 30.1 Å². The van der Waals surface area contributed by atoms with Gasteiger partial charge < -0.3 is 9.32 Å². The summed E-state index contributed by atoms with van der Waals surface area (Å²) in [7, 11) is 0. The van der Waals surface area contributed by atoms with E-state index >= 15 is 0 Å². The van der Waals surface area contributed by atoms with Gasteiger partial charge in [-0.25, -0.2) is 5.43 Å². The predicted molar refractivity (Wildman–Crippen MR) is 128 cm³/mol. The molecule has 1 N–H and O–H groups in total. The molecule has 0 spiro atoms. The lowest BCUT2D eigenvalue weighted by Gasteiger charge is -2.29. The molecule has 4 aromatic rings. The van der Waals surface area contributed by atoms with Crippen LogP contribution in [0.15, 0.2) is 70.2 Å². The molecule has 0 atom stereocenters. The van der Waals surface area contributed by atoms with Crippen molar-refractivity contribution in [1.29, 1.82) is 0 Å². The van der Waals surface area contributed by atoms with Gasteiger partial charge in [0.15, 0.2) is 5.76 Å².